The fraction of sp³-hybridized carbons (Fsp3) is 0.154. The van der Waals surface area contributed by atoms with Crippen LogP contribution in [0.5, 0.6) is 0 Å². The second kappa shape index (κ2) is 4.55. The lowest BCUT2D eigenvalue weighted by Crippen LogP contribution is -2.02. The molecule has 0 bridgehead atoms. The molecule has 0 fully saturated rings. The number of benzene rings is 1. The van der Waals surface area contributed by atoms with Gasteiger partial charge < -0.3 is 8.98 Å². The number of fused-ring (bicyclic) bond motifs is 1. The van der Waals surface area contributed by atoms with Gasteiger partial charge in [-0.15, -0.1) is 10.2 Å². The highest BCUT2D eigenvalue weighted by molar-refractivity contribution is 7.99. The molecule has 96 valence electrons. The molecule has 0 amide bonds. The van der Waals surface area contributed by atoms with Crippen molar-refractivity contribution in [3.63, 3.8) is 0 Å². The molecular weight excluding hydrogens is 262 g/mol. The summed E-state index contributed by atoms with van der Waals surface area (Å²) >= 11 is 1.26. The van der Waals surface area contributed by atoms with Crippen LogP contribution in [-0.2, 0) is 7.05 Å². The van der Waals surface area contributed by atoms with E-state index in [2.05, 4.69) is 10.2 Å². The summed E-state index contributed by atoms with van der Waals surface area (Å²) in [6.45, 7) is 1.86. The van der Waals surface area contributed by atoms with Crippen LogP contribution in [-0.4, -0.2) is 14.8 Å². The summed E-state index contributed by atoms with van der Waals surface area (Å²) < 4.78 is 7.11. The monoisotopic (exact) mass is 273 g/mol. The number of aryl methyl sites for hydroxylation is 1. The Morgan fingerprint density at radius 2 is 2.05 bits per heavy atom. The molecule has 0 N–H and O–H groups in total. The zero-order valence-corrected chi connectivity index (χ0v) is 11.3. The van der Waals surface area contributed by atoms with Crippen LogP contribution in [0.2, 0.25) is 0 Å². The minimum Gasteiger partial charge on any atom is -0.422 e. The Morgan fingerprint density at radius 3 is 2.79 bits per heavy atom. The second-order valence-corrected chi connectivity index (χ2v) is 5.14. The Labute approximate surface area is 113 Å². The van der Waals surface area contributed by atoms with Crippen LogP contribution in [0, 0.1) is 6.92 Å². The quantitative estimate of drug-likeness (QED) is 0.671. The van der Waals surface area contributed by atoms with Gasteiger partial charge in [0.15, 0.2) is 5.16 Å². The average Bonchev–Trinajstić information content (AvgIpc) is 2.71. The fourth-order valence-electron chi connectivity index (χ4n) is 1.69. The van der Waals surface area contributed by atoms with E-state index in [0.29, 0.717) is 15.6 Å². The van der Waals surface area contributed by atoms with Gasteiger partial charge >= 0.3 is 5.63 Å². The first-order chi connectivity index (χ1) is 9.15. The predicted octanol–water partition coefficient (Wildman–Crippen LogP) is 2.38. The summed E-state index contributed by atoms with van der Waals surface area (Å²) in [4.78, 5) is 12.4. The second-order valence-electron chi connectivity index (χ2n) is 4.13. The summed E-state index contributed by atoms with van der Waals surface area (Å²) in [5.74, 6) is 0.799. The smallest absolute Gasteiger partial charge is 0.350 e. The molecule has 2 heterocycles. The third-order valence-corrected chi connectivity index (χ3v) is 3.91. The molecule has 6 heteroatoms. The van der Waals surface area contributed by atoms with Crippen molar-refractivity contribution in [2.45, 2.75) is 17.0 Å². The summed E-state index contributed by atoms with van der Waals surface area (Å²) in [5.41, 5.74) is 0.232. The van der Waals surface area contributed by atoms with E-state index in [1.54, 1.807) is 6.07 Å². The van der Waals surface area contributed by atoms with Crippen molar-refractivity contribution in [1.29, 1.82) is 0 Å². The zero-order valence-electron chi connectivity index (χ0n) is 10.5. The first-order valence-electron chi connectivity index (χ1n) is 5.72. The maximum atomic E-state index is 11.9. The largest absolute Gasteiger partial charge is 0.422 e. The minimum atomic E-state index is -0.357. The van der Waals surface area contributed by atoms with Gasteiger partial charge in [-0.3, -0.25) is 0 Å². The van der Waals surface area contributed by atoms with Gasteiger partial charge in [-0.1, -0.05) is 18.2 Å². The van der Waals surface area contributed by atoms with Crippen LogP contribution in [0.25, 0.3) is 11.0 Å². The minimum absolute atomic E-state index is 0.357. The van der Waals surface area contributed by atoms with Crippen molar-refractivity contribution < 1.29 is 4.42 Å². The highest BCUT2D eigenvalue weighted by atomic mass is 32.2. The molecule has 0 saturated carbocycles. The maximum absolute atomic E-state index is 11.9. The van der Waals surface area contributed by atoms with Crippen molar-refractivity contribution in [2.75, 3.05) is 0 Å². The van der Waals surface area contributed by atoms with Crippen LogP contribution in [0.15, 0.2) is 49.6 Å². The molecule has 19 heavy (non-hydrogen) atoms. The third-order valence-electron chi connectivity index (χ3n) is 2.86. The molecule has 5 nitrogen and oxygen atoms in total. The average molecular weight is 273 g/mol. The van der Waals surface area contributed by atoms with Gasteiger partial charge in [0.25, 0.3) is 0 Å². The maximum Gasteiger partial charge on any atom is 0.350 e. The third kappa shape index (κ3) is 2.15. The lowest BCUT2D eigenvalue weighted by Gasteiger charge is -2.02. The topological polar surface area (TPSA) is 60.9 Å². The Bertz CT molecular complexity index is 807. The molecule has 0 aliphatic heterocycles. The van der Waals surface area contributed by atoms with Crippen molar-refractivity contribution in [2.24, 2.45) is 7.05 Å². The standard InChI is InChI=1S/C13H11N3O2S/c1-8-14-15-13(16(8)2)19-11-7-9-5-3-4-6-10(9)18-12(11)17/h3-7H,1-2H3. The normalized spacial score (nSPS) is 11.1. The van der Waals surface area contributed by atoms with E-state index >= 15 is 0 Å². The molecule has 3 rings (SSSR count). The van der Waals surface area contributed by atoms with Gasteiger partial charge in [-0.05, 0) is 30.8 Å². The first-order valence-corrected chi connectivity index (χ1v) is 6.53. The van der Waals surface area contributed by atoms with Gasteiger partial charge in [-0.25, -0.2) is 4.79 Å². The summed E-state index contributed by atoms with van der Waals surface area (Å²) in [6, 6.07) is 9.24. The predicted molar refractivity (Wildman–Crippen MR) is 72.3 cm³/mol. The Morgan fingerprint density at radius 1 is 1.26 bits per heavy atom. The zero-order chi connectivity index (χ0) is 13.4. The van der Waals surface area contributed by atoms with Crippen molar-refractivity contribution >= 4 is 22.7 Å². The highest BCUT2D eigenvalue weighted by Crippen LogP contribution is 2.25. The lowest BCUT2D eigenvalue weighted by atomic mass is 10.2. The molecule has 0 saturated heterocycles. The Balaban J connectivity index is 2.08. The molecule has 0 unspecified atom stereocenters. The van der Waals surface area contributed by atoms with Crippen LogP contribution in [0.4, 0.5) is 0 Å². The van der Waals surface area contributed by atoms with Crippen molar-refractivity contribution in [3.8, 4) is 0 Å². The molecule has 3 aromatic rings. The number of aromatic nitrogens is 3. The summed E-state index contributed by atoms with van der Waals surface area (Å²) in [5, 5.41) is 9.55. The number of hydrogen-bond acceptors (Lipinski definition) is 5. The highest BCUT2D eigenvalue weighted by Gasteiger charge is 2.11. The van der Waals surface area contributed by atoms with E-state index in [9.17, 15) is 4.79 Å². The van der Waals surface area contributed by atoms with Crippen LogP contribution in [0.1, 0.15) is 5.82 Å². The number of nitrogens with zero attached hydrogens (tertiary/aromatic N) is 3. The molecule has 0 atom stereocenters. The Hall–Kier alpha value is -2.08. The Kier molecular flexibility index (Phi) is 2.87. The van der Waals surface area contributed by atoms with E-state index in [0.717, 1.165) is 11.2 Å². The lowest BCUT2D eigenvalue weighted by molar-refractivity contribution is 0.543. The molecule has 1 aromatic carbocycles. The van der Waals surface area contributed by atoms with E-state index in [1.165, 1.54) is 11.8 Å². The fourth-order valence-corrected chi connectivity index (χ4v) is 2.55. The van der Waals surface area contributed by atoms with Gasteiger partial charge in [-0.2, -0.15) is 0 Å². The number of hydrogen-bond donors (Lipinski definition) is 0. The van der Waals surface area contributed by atoms with E-state index in [1.807, 2.05) is 42.8 Å². The van der Waals surface area contributed by atoms with Gasteiger partial charge in [0.1, 0.15) is 16.3 Å². The molecule has 2 aromatic heterocycles. The number of para-hydroxylation sites is 1. The van der Waals surface area contributed by atoms with Crippen LogP contribution >= 0.6 is 11.8 Å². The van der Waals surface area contributed by atoms with Crippen LogP contribution in [0.3, 0.4) is 0 Å². The SMILES string of the molecule is Cc1nnc(Sc2cc3ccccc3oc2=O)n1C. The van der Waals surface area contributed by atoms with Crippen molar-refractivity contribution in [1.82, 2.24) is 14.8 Å². The molecular formula is C13H11N3O2S. The molecule has 0 radical (unpaired) electrons. The summed E-state index contributed by atoms with van der Waals surface area (Å²) in [6.07, 6.45) is 0. The summed E-state index contributed by atoms with van der Waals surface area (Å²) in [7, 11) is 1.86. The molecule has 0 aliphatic rings. The van der Waals surface area contributed by atoms with Gasteiger partial charge in [0, 0.05) is 12.4 Å². The van der Waals surface area contributed by atoms with Crippen molar-refractivity contribution in [3.05, 3.63) is 46.6 Å². The molecule has 0 aliphatic carbocycles. The van der Waals surface area contributed by atoms with Gasteiger partial charge in [0.2, 0.25) is 0 Å². The van der Waals surface area contributed by atoms with E-state index in [-0.39, 0.29) is 5.63 Å². The van der Waals surface area contributed by atoms with E-state index in [4.69, 9.17) is 4.42 Å². The van der Waals surface area contributed by atoms with Gasteiger partial charge in [0.05, 0.1) is 0 Å². The molecule has 0 spiro atoms. The van der Waals surface area contributed by atoms with E-state index < -0.39 is 0 Å². The van der Waals surface area contributed by atoms with Crippen LogP contribution < -0.4 is 5.63 Å². The number of rotatable bonds is 2. The first kappa shape index (κ1) is 12.0.